The second-order valence-corrected chi connectivity index (χ2v) is 6.32. The van der Waals surface area contributed by atoms with E-state index in [4.69, 9.17) is 10.00 Å². The first kappa shape index (κ1) is 22.7. The number of hydrogen-bond donors (Lipinski definition) is 0. The Morgan fingerprint density at radius 3 is 2.38 bits per heavy atom. The van der Waals surface area contributed by atoms with Crippen molar-refractivity contribution in [2.75, 3.05) is 0 Å². The van der Waals surface area contributed by atoms with E-state index < -0.39 is 58.2 Å². The van der Waals surface area contributed by atoms with Crippen LogP contribution in [0.3, 0.4) is 0 Å². The maximum Gasteiger partial charge on any atom is 0.437 e. The predicted molar refractivity (Wildman–Crippen MR) is 92.5 cm³/mol. The molecule has 1 amide bonds. The molecule has 1 aliphatic rings. The first-order chi connectivity index (χ1) is 14.9. The molecule has 0 saturated heterocycles. The zero-order valence-corrected chi connectivity index (χ0v) is 15.5. The second kappa shape index (κ2) is 8.25. The molecule has 1 aromatic carbocycles. The molecule has 0 saturated carbocycles. The number of carbonyl (C=O) groups excluding carboxylic acids is 1. The highest BCUT2D eigenvalue weighted by atomic mass is 19.4. The second-order valence-electron chi connectivity index (χ2n) is 6.32. The van der Waals surface area contributed by atoms with Gasteiger partial charge in [-0.25, -0.2) is 4.98 Å². The number of ether oxygens (including phenoxy) is 1. The standard InChI is InChI=1S/C18H9F6N5O3/c19-17(20,21)10-3-9(6-25)4-12(5-10)32-14-15(18(22,23)24)26-8-29(16(14)31)7-11-1-2-13(30)28-27-11/h1-5,8,11H,7H2. The smallest absolute Gasteiger partial charge is 0.437 e. The van der Waals surface area contributed by atoms with E-state index in [1.807, 2.05) is 0 Å². The minimum Gasteiger partial charge on any atom is -0.449 e. The van der Waals surface area contributed by atoms with Gasteiger partial charge in [0, 0.05) is 6.08 Å². The SMILES string of the molecule is N#Cc1cc(Oc2c(C(F)(F)F)ncn(CC3C=CC(=O)N=N3)c2=O)cc(C(F)(F)F)c1. The molecule has 3 rings (SSSR count). The van der Waals surface area contributed by atoms with E-state index in [1.165, 1.54) is 12.1 Å². The van der Waals surface area contributed by atoms with Crippen LogP contribution >= 0.6 is 0 Å². The highest BCUT2D eigenvalue weighted by Gasteiger charge is 2.39. The Kier molecular flexibility index (Phi) is 5.84. The zero-order valence-electron chi connectivity index (χ0n) is 15.5. The molecule has 2 aromatic rings. The highest BCUT2D eigenvalue weighted by molar-refractivity contribution is 5.88. The van der Waals surface area contributed by atoms with Gasteiger partial charge in [0.1, 0.15) is 11.8 Å². The van der Waals surface area contributed by atoms with E-state index in [-0.39, 0.29) is 6.54 Å². The van der Waals surface area contributed by atoms with Crippen molar-refractivity contribution >= 4 is 5.91 Å². The molecule has 1 atom stereocenters. The number of azo groups is 1. The average molecular weight is 457 g/mol. The summed E-state index contributed by atoms with van der Waals surface area (Å²) < 4.78 is 84.8. The van der Waals surface area contributed by atoms with Gasteiger partial charge in [-0.3, -0.25) is 14.2 Å². The molecule has 166 valence electrons. The molecule has 0 aliphatic carbocycles. The summed E-state index contributed by atoms with van der Waals surface area (Å²) in [6.07, 6.45) is -7.24. The topological polar surface area (TPSA) is 110 Å². The quantitative estimate of drug-likeness (QED) is 0.648. The molecule has 0 bridgehead atoms. The van der Waals surface area contributed by atoms with Crippen LogP contribution in [0.5, 0.6) is 11.5 Å². The Balaban J connectivity index is 2.08. The van der Waals surface area contributed by atoms with Crippen LogP contribution < -0.4 is 10.3 Å². The number of hydrogen-bond acceptors (Lipinski definition) is 6. The number of aromatic nitrogens is 2. The van der Waals surface area contributed by atoms with Gasteiger partial charge in [-0.05, 0) is 18.2 Å². The summed E-state index contributed by atoms with van der Waals surface area (Å²) >= 11 is 0. The molecular formula is C18H9F6N5O3. The third-order valence-corrected chi connectivity index (χ3v) is 4.00. The monoisotopic (exact) mass is 457 g/mol. The first-order valence-electron chi connectivity index (χ1n) is 8.48. The number of alkyl halides is 6. The van der Waals surface area contributed by atoms with Crippen LogP contribution in [0.15, 0.2) is 51.7 Å². The fraction of sp³-hybridized carbons (Fsp3) is 0.222. The fourth-order valence-corrected chi connectivity index (χ4v) is 2.59. The maximum atomic E-state index is 13.4. The minimum absolute atomic E-state index is 0.349. The van der Waals surface area contributed by atoms with Gasteiger partial charge in [-0.1, -0.05) is 6.08 Å². The minimum atomic E-state index is -5.18. The van der Waals surface area contributed by atoms with E-state index in [0.717, 1.165) is 12.1 Å². The normalized spacial score (nSPS) is 16.2. The van der Waals surface area contributed by atoms with Crippen LogP contribution in [-0.2, 0) is 23.7 Å². The van der Waals surface area contributed by atoms with Gasteiger partial charge in [0.25, 0.3) is 11.5 Å². The number of rotatable bonds is 4. The molecule has 0 fully saturated rings. The Morgan fingerprint density at radius 2 is 1.81 bits per heavy atom. The highest BCUT2D eigenvalue weighted by Crippen LogP contribution is 2.37. The summed E-state index contributed by atoms with van der Waals surface area (Å²) in [4.78, 5) is 26.8. The van der Waals surface area contributed by atoms with E-state index in [2.05, 4.69) is 15.2 Å². The molecule has 2 heterocycles. The number of halogens is 6. The summed E-state index contributed by atoms with van der Waals surface area (Å²) in [5.41, 5.74) is -5.05. The Morgan fingerprint density at radius 1 is 1.09 bits per heavy atom. The number of amides is 1. The Labute approximate surface area is 174 Å². The van der Waals surface area contributed by atoms with Crippen LogP contribution in [0.4, 0.5) is 26.3 Å². The van der Waals surface area contributed by atoms with Crippen molar-refractivity contribution in [3.8, 4) is 17.6 Å². The van der Waals surface area contributed by atoms with Gasteiger partial charge in [-0.15, -0.1) is 5.11 Å². The maximum absolute atomic E-state index is 13.4. The fourth-order valence-electron chi connectivity index (χ4n) is 2.59. The molecule has 32 heavy (non-hydrogen) atoms. The third kappa shape index (κ3) is 4.99. The van der Waals surface area contributed by atoms with Crippen LogP contribution in [0.1, 0.15) is 16.8 Å². The van der Waals surface area contributed by atoms with Crippen molar-refractivity contribution in [2.24, 2.45) is 10.2 Å². The van der Waals surface area contributed by atoms with E-state index in [1.54, 1.807) is 0 Å². The van der Waals surface area contributed by atoms with Gasteiger partial charge in [0.05, 0.1) is 30.1 Å². The Bertz CT molecular complexity index is 1210. The van der Waals surface area contributed by atoms with E-state index >= 15 is 0 Å². The molecule has 8 nitrogen and oxygen atoms in total. The zero-order chi connectivity index (χ0) is 23.7. The van der Waals surface area contributed by atoms with Crippen LogP contribution in [0.25, 0.3) is 0 Å². The number of benzene rings is 1. The van der Waals surface area contributed by atoms with Crippen molar-refractivity contribution in [3.05, 3.63) is 63.9 Å². The summed E-state index contributed by atoms with van der Waals surface area (Å²) in [7, 11) is 0. The van der Waals surface area contributed by atoms with Crippen LogP contribution in [0.2, 0.25) is 0 Å². The number of carbonyl (C=O) groups is 1. The summed E-state index contributed by atoms with van der Waals surface area (Å²) in [5, 5.41) is 15.7. The molecule has 14 heteroatoms. The molecule has 0 N–H and O–H groups in total. The van der Waals surface area contributed by atoms with E-state index in [0.29, 0.717) is 23.0 Å². The molecule has 1 aromatic heterocycles. The van der Waals surface area contributed by atoms with Gasteiger partial charge >= 0.3 is 12.4 Å². The summed E-state index contributed by atoms with van der Waals surface area (Å²) in [5.74, 6) is -2.88. The lowest BCUT2D eigenvalue weighted by molar-refractivity contribution is -0.142. The number of nitriles is 1. The first-order valence-corrected chi connectivity index (χ1v) is 8.48. The van der Waals surface area contributed by atoms with Crippen molar-refractivity contribution in [3.63, 3.8) is 0 Å². The van der Waals surface area contributed by atoms with Crippen molar-refractivity contribution in [1.82, 2.24) is 9.55 Å². The van der Waals surface area contributed by atoms with Gasteiger partial charge in [0.15, 0.2) is 5.69 Å². The average Bonchev–Trinajstić information content (AvgIpc) is 2.70. The lowest BCUT2D eigenvalue weighted by atomic mass is 10.1. The van der Waals surface area contributed by atoms with Crippen molar-refractivity contribution in [2.45, 2.75) is 24.9 Å². The van der Waals surface area contributed by atoms with Crippen LogP contribution in [0, 0.1) is 11.3 Å². The molecule has 1 unspecified atom stereocenters. The van der Waals surface area contributed by atoms with Gasteiger partial charge in [0.2, 0.25) is 5.75 Å². The number of nitrogens with zero attached hydrogens (tertiary/aromatic N) is 5. The van der Waals surface area contributed by atoms with Crippen molar-refractivity contribution < 1.29 is 35.9 Å². The lowest BCUT2D eigenvalue weighted by Crippen LogP contribution is -2.29. The van der Waals surface area contributed by atoms with Gasteiger partial charge in [-0.2, -0.15) is 36.7 Å². The predicted octanol–water partition coefficient (Wildman–Crippen LogP) is 3.86. The van der Waals surface area contributed by atoms with Crippen LogP contribution in [-0.4, -0.2) is 21.5 Å². The van der Waals surface area contributed by atoms with Gasteiger partial charge < -0.3 is 4.74 Å². The molecule has 0 radical (unpaired) electrons. The summed E-state index contributed by atoms with van der Waals surface area (Å²) in [6, 6.07) is 2.12. The van der Waals surface area contributed by atoms with E-state index in [9.17, 15) is 35.9 Å². The third-order valence-electron chi connectivity index (χ3n) is 4.00. The molecule has 1 aliphatic heterocycles. The lowest BCUT2D eigenvalue weighted by Gasteiger charge is -2.17. The molecule has 0 spiro atoms. The molecular weight excluding hydrogens is 448 g/mol. The Hall–Kier alpha value is -4.02. The van der Waals surface area contributed by atoms with Crippen molar-refractivity contribution in [1.29, 1.82) is 5.26 Å². The summed E-state index contributed by atoms with van der Waals surface area (Å²) in [6.45, 7) is -0.375. The largest absolute Gasteiger partial charge is 0.449 e.